The van der Waals surface area contributed by atoms with Gasteiger partial charge in [-0.3, -0.25) is 9.48 Å². The van der Waals surface area contributed by atoms with E-state index in [9.17, 15) is 14.9 Å². The van der Waals surface area contributed by atoms with E-state index in [0.29, 0.717) is 23.1 Å². The smallest absolute Gasteiger partial charge is 0.358 e. The zero-order valence-corrected chi connectivity index (χ0v) is 16.3. The van der Waals surface area contributed by atoms with Crippen LogP contribution in [0, 0.1) is 24.0 Å². The summed E-state index contributed by atoms with van der Waals surface area (Å²) in [6.07, 6.45) is 0. The molecule has 9 nitrogen and oxygen atoms in total. The molecule has 1 amide bonds. The molecule has 1 unspecified atom stereocenters. The normalized spacial score (nSPS) is 12.0. The van der Waals surface area contributed by atoms with Gasteiger partial charge in [0.25, 0.3) is 5.91 Å². The second-order valence-electron chi connectivity index (χ2n) is 6.43. The first-order chi connectivity index (χ1) is 13.3. The molecule has 28 heavy (non-hydrogen) atoms. The zero-order valence-electron chi connectivity index (χ0n) is 15.6. The van der Waals surface area contributed by atoms with Crippen molar-refractivity contribution in [3.05, 3.63) is 68.5 Å². The number of aryl methyl sites for hydroxylation is 2. The first-order valence-electron chi connectivity index (χ1n) is 8.55. The molecular formula is C18H19ClN6O3. The van der Waals surface area contributed by atoms with Gasteiger partial charge in [0.2, 0.25) is 0 Å². The molecule has 0 bridgehead atoms. The number of benzene rings is 1. The molecule has 10 heteroatoms. The van der Waals surface area contributed by atoms with Crippen LogP contribution in [0.2, 0.25) is 5.02 Å². The van der Waals surface area contributed by atoms with Crippen molar-refractivity contribution in [3.8, 4) is 0 Å². The fourth-order valence-electron chi connectivity index (χ4n) is 2.81. The average Bonchev–Trinajstić information content (AvgIpc) is 3.19. The van der Waals surface area contributed by atoms with Gasteiger partial charge in [-0.2, -0.15) is 9.78 Å². The van der Waals surface area contributed by atoms with Gasteiger partial charge in [-0.1, -0.05) is 29.8 Å². The molecular weight excluding hydrogens is 384 g/mol. The van der Waals surface area contributed by atoms with Crippen molar-refractivity contribution in [2.45, 2.75) is 33.4 Å². The van der Waals surface area contributed by atoms with Crippen LogP contribution in [0.4, 0.5) is 11.6 Å². The number of nitrogens with zero attached hydrogens (tertiary/aromatic N) is 5. The Hall–Kier alpha value is -3.20. The topological polar surface area (TPSA) is 108 Å². The molecule has 0 saturated heterocycles. The summed E-state index contributed by atoms with van der Waals surface area (Å²) < 4.78 is 3.06. The number of amides is 1. The summed E-state index contributed by atoms with van der Waals surface area (Å²) in [5.41, 5.74) is 2.30. The molecule has 3 aromatic rings. The molecule has 146 valence electrons. The van der Waals surface area contributed by atoms with E-state index in [0.717, 1.165) is 11.3 Å². The number of halogens is 1. The number of hydrogen-bond donors (Lipinski definition) is 1. The van der Waals surface area contributed by atoms with Crippen molar-refractivity contribution in [2.24, 2.45) is 0 Å². The first-order valence-corrected chi connectivity index (χ1v) is 8.93. The molecule has 0 fully saturated rings. The summed E-state index contributed by atoms with van der Waals surface area (Å²) in [5, 5.41) is 22.5. The molecule has 2 heterocycles. The Morgan fingerprint density at radius 2 is 1.96 bits per heavy atom. The maximum Gasteiger partial charge on any atom is 0.390 e. The van der Waals surface area contributed by atoms with Gasteiger partial charge in [-0.05, 0) is 37.3 Å². The molecule has 3 rings (SSSR count). The van der Waals surface area contributed by atoms with Crippen molar-refractivity contribution in [2.75, 3.05) is 5.32 Å². The molecule has 1 atom stereocenters. The molecule has 0 saturated carbocycles. The molecule has 1 N–H and O–H groups in total. The van der Waals surface area contributed by atoms with Gasteiger partial charge in [0.15, 0.2) is 5.82 Å². The minimum Gasteiger partial charge on any atom is -0.358 e. The van der Waals surface area contributed by atoms with Gasteiger partial charge < -0.3 is 15.4 Å². The zero-order chi connectivity index (χ0) is 20.4. The minimum atomic E-state index is -0.734. The first kappa shape index (κ1) is 19.6. The van der Waals surface area contributed by atoms with E-state index < -0.39 is 11.0 Å². The summed E-state index contributed by atoms with van der Waals surface area (Å²) in [6, 6.07) is 9.82. The molecule has 0 radical (unpaired) electrons. The lowest BCUT2D eigenvalue weighted by Gasteiger charge is -2.10. The summed E-state index contributed by atoms with van der Waals surface area (Å²) in [6.45, 7) is 5.63. The highest BCUT2D eigenvalue weighted by Crippen LogP contribution is 2.20. The van der Waals surface area contributed by atoms with E-state index in [4.69, 9.17) is 11.6 Å². The van der Waals surface area contributed by atoms with Crippen LogP contribution in [0.5, 0.6) is 0 Å². The third kappa shape index (κ3) is 4.04. The minimum absolute atomic E-state index is 0.294. The number of nitro groups is 1. The Labute approximate surface area is 166 Å². The molecule has 0 aliphatic heterocycles. The van der Waals surface area contributed by atoms with Gasteiger partial charge in [0.05, 0.1) is 23.4 Å². The van der Waals surface area contributed by atoms with Crippen LogP contribution in [-0.2, 0) is 11.3 Å². The number of carbonyl (C=O) groups is 1. The maximum atomic E-state index is 12.6. The Balaban J connectivity index is 1.74. The van der Waals surface area contributed by atoms with E-state index in [1.807, 2.05) is 31.2 Å². The van der Waals surface area contributed by atoms with E-state index >= 15 is 0 Å². The molecule has 1 aromatic carbocycles. The molecule has 0 aliphatic rings. The molecule has 2 aromatic heterocycles. The second kappa shape index (κ2) is 7.81. The SMILES string of the molecule is Cc1cc(NC(=O)C(C)n2nc([N+](=O)[O-])cc2C)nn1Cc1ccccc1Cl. The third-order valence-electron chi connectivity index (χ3n) is 4.35. The van der Waals surface area contributed by atoms with E-state index in [-0.39, 0.29) is 11.7 Å². The number of carbonyl (C=O) groups excluding carboxylic acids is 1. The average molecular weight is 403 g/mol. The van der Waals surface area contributed by atoms with Crippen molar-refractivity contribution in [3.63, 3.8) is 0 Å². The highest BCUT2D eigenvalue weighted by Gasteiger charge is 2.25. The van der Waals surface area contributed by atoms with Crippen molar-refractivity contribution in [1.29, 1.82) is 0 Å². The van der Waals surface area contributed by atoms with E-state index in [1.165, 1.54) is 10.7 Å². The van der Waals surface area contributed by atoms with Crippen molar-refractivity contribution >= 4 is 29.1 Å². The Morgan fingerprint density at radius 3 is 2.61 bits per heavy atom. The largest absolute Gasteiger partial charge is 0.390 e. The number of anilines is 1. The lowest BCUT2D eigenvalue weighted by Crippen LogP contribution is -2.25. The van der Waals surface area contributed by atoms with E-state index in [1.54, 1.807) is 24.6 Å². The van der Waals surface area contributed by atoms with E-state index in [2.05, 4.69) is 15.5 Å². The Kier molecular flexibility index (Phi) is 5.46. The number of aromatic nitrogens is 4. The van der Waals surface area contributed by atoms with Crippen LogP contribution in [-0.4, -0.2) is 30.4 Å². The number of hydrogen-bond acceptors (Lipinski definition) is 5. The highest BCUT2D eigenvalue weighted by molar-refractivity contribution is 6.31. The standard InChI is InChI=1S/C18H19ClN6O3/c1-11-8-16(21-23(11)10-14-6-4-5-7-15(14)19)20-18(26)13(3)24-12(2)9-17(22-24)25(27)28/h4-9,13H,10H2,1-3H3,(H,20,21,26). The summed E-state index contributed by atoms with van der Waals surface area (Å²) in [7, 11) is 0. The van der Waals surface area contributed by atoms with Gasteiger partial charge in [-0.25, -0.2) is 0 Å². The lowest BCUT2D eigenvalue weighted by molar-refractivity contribution is -0.389. The monoisotopic (exact) mass is 402 g/mol. The van der Waals surface area contributed by atoms with Gasteiger partial charge in [0.1, 0.15) is 6.04 Å². The predicted octanol–water partition coefficient (Wildman–Crippen LogP) is 3.51. The van der Waals surface area contributed by atoms with Crippen LogP contribution < -0.4 is 5.32 Å². The van der Waals surface area contributed by atoms with Gasteiger partial charge in [-0.15, -0.1) is 0 Å². The third-order valence-corrected chi connectivity index (χ3v) is 4.72. The molecule has 0 spiro atoms. The molecule has 0 aliphatic carbocycles. The van der Waals surface area contributed by atoms with Gasteiger partial charge in [0, 0.05) is 16.8 Å². The Bertz CT molecular complexity index is 1040. The fraction of sp³-hybridized carbons (Fsp3) is 0.278. The summed E-state index contributed by atoms with van der Waals surface area (Å²) in [5.74, 6) is -0.277. The van der Waals surface area contributed by atoms with Crippen LogP contribution in [0.25, 0.3) is 0 Å². The predicted molar refractivity (Wildman–Crippen MR) is 104 cm³/mol. The summed E-state index contributed by atoms with van der Waals surface area (Å²) in [4.78, 5) is 22.8. The maximum absolute atomic E-state index is 12.6. The Morgan fingerprint density at radius 1 is 1.25 bits per heavy atom. The fourth-order valence-corrected chi connectivity index (χ4v) is 3.01. The van der Waals surface area contributed by atoms with Crippen LogP contribution in [0.1, 0.15) is 29.9 Å². The van der Waals surface area contributed by atoms with Crippen LogP contribution >= 0.6 is 11.6 Å². The van der Waals surface area contributed by atoms with Gasteiger partial charge >= 0.3 is 5.82 Å². The van der Waals surface area contributed by atoms with Crippen molar-refractivity contribution in [1.82, 2.24) is 19.6 Å². The van der Waals surface area contributed by atoms with Crippen LogP contribution in [0.15, 0.2) is 36.4 Å². The quantitative estimate of drug-likeness (QED) is 0.501. The summed E-state index contributed by atoms with van der Waals surface area (Å²) >= 11 is 6.20. The number of rotatable bonds is 6. The lowest BCUT2D eigenvalue weighted by atomic mass is 10.2. The highest BCUT2D eigenvalue weighted by atomic mass is 35.5. The number of nitrogens with one attached hydrogen (secondary N) is 1. The van der Waals surface area contributed by atoms with Crippen LogP contribution in [0.3, 0.4) is 0 Å². The second-order valence-corrected chi connectivity index (χ2v) is 6.84. The van der Waals surface area contributed by atoms with Crippen molar-refractivity contribution < 1.29 is 9.72 Å².